The van der Waals surface area contributed by atoms with E-state index in [-0.39, 0.29) is 11.8 Å². The summed E-state index contributed by atoms with van der Waals surface area (Å²) in [6, 6.07) is 12.1. The van der Waals surface area contributed by atoms with E-state index >= 15 is 0 Å². The molecule has 6 heteroatoms. The van der Waals surface area contributed by atoms with Crippen LogP contribution in [0.5, 0.6) is 0 Å². The van der Waals surface area contributed by atoms with Gasteiger partial charge in [0, 0.05) is 30.4 Å². The smallest absolute Gasteiger partial charge is 0.269 e. The quantitative estimate of drug-likeness (QED) is 0.843. The van der Waals surface area contributed by atoms with Gasteiger partial charge in [-0.2, -0.15) is 0 Å². The number of piperidine rings is 1. The number of pyridine rings is 1. The number of amides is 2. The molecule has 25 heavy (non-hydrogen) atoms. The lowest BCUT2D eigenvalue weighted by Gasteiger charge is -2.31. The molecule has 1 fully saturated rings. The fraction of sp³-hybridized carbons (Fsp3) is 0.316. The highest BCUT2D eigenvalue weighted by molar-refractivity contribution is 5.99. The maximum atomic E-state index is 12.3. The Hall–Kier alpha value is -2.89. The topological polar surface area (TPSA) is 74.3 Å². The summed E-state index contributed by atoms with van der Waals surface area (Å²) in [5, 5.41) is 0. The van der Waals surface area contributed by atoms with Crippen LogP contribution in [0.2, 0.25) is 0 Å². The molecule has 1 aromatic heterocycles. The Labute approximate surface area is 147 Å². The largest absolute Gasteiger partial charge is 0.356 e. The average molecular weight is 338 g/mol. The summed E-state index contributed by atoms with van der Waals surface area (Å²) < 4.78 is 0. The molecule has 0 radical (unpaired) electrons. The molecular formula is C19H22N4O2. The van der Waals surface area contributed by atoms with Crippen molar-refractivity contribution in [1.29, 1.82) is 0 Å². The van der Waals surface area contributed by atoms with Crippen molar-refractivity contribution in [2.75, 3.05) is 18.0 Å². The molecular weight excluding hydrogens is 316 g/mol. The predicted molar refractivity (Wildman–Crippen MR) is 96.2 cm³/mol. The van der Waals surface area contributed by atoms with Crippen LogP contribution in [0.15, 0.2) is 48.7 Å². The van der Waals surface area contributed by atoms with E-state index in [2.05, 4.69) is 27.7 Å². The van der Waals surface area contributed by atoms with E-state index in [1.165, 1.54) is 6.42 Å². The van der Waals surface area contributed by atoms with Crippen molar-refractivity contribution in [3.63, 3.8) is 0 Å². The second kappa shape index (κ2) is 7.79. The van der Waals surface area contributed by atoms with Crippen LogP contribution in [0.1, 0.15) is 40.5 Å². The molecule has 6 nitrogen and oxygen atoms in total. The van der Waals surface area contributed by atoms with E-state index in [1.807, 2.05) is 6.07 Å². The predicted octanol–water partition coefficient (Wildman–Crippen LogP) is 2.39. The number of aromatic nitrogens is 1. The molecule has 130 valence electrons. The van der Waals surface area contributed by atoms with Gasteiger partial charge in [0.2, 0.25) is 0 Å². The molecule has 2 heterocycles. The highest BCUT2D eigenvalue weighted by Crippen LogP contribution is 2.21. The Balaban J connectivity index is 1.62. The summed E-state index contributed by atoms with van der Waals surface area (Å²) in [5.74, 6) is 0.706. The summed E-state index contributed by atoms with van der Waals surface area (Å²) in [6.07, 6.45) is 3.98. The maximum absolute atomic E-state index is 12.3. The fourth-order valence-corrected chi connectivity index (χ4v) is 2.98. The van der Waals surface area contributed by atoms with Crippen LogP contribution in [0.25, 0.3) is 0 Å². The number of nitrogens with zero attached hydrogens (tertiary/aromatic N) is 2. The minimum Gasteiger partial charge on any atom is -0.356 e. The van der Waals surface area contributed by atoms with Crippen LogP contribution in [0.3, 0.4) is 0 Å². The van der Waals surface area contributed by atoms with E-state index in [0.717, 1.165) is 25.3 Å². The van der Waals surface area contributed by atoms with Gasteiger partial charge in [-0.05, 0) is 43.0 Å². The third-order valence-corrected chi connectivity index (χ3v) is 4.31. The summed E-state index contributed by atoms with van der Waals surface area (Å²) in [5.41, 5.74) is 5.84. The molecule has 1 saturated heterocycles. The number of benzene rings is 1. The molecule has 1 atom stereocenters. The lowest BCUT2D eigenvalue weighted by molar-refractivity contribution is 0.0846. The molecule has 0 saturated carbocycles. The monoisotopic (exact) mass is 338 g/mol. The van der Waals surface area contributed by atoms with Crippen LogP contribution >= 0.6 is 0 Å². The molecule has 1 aromatic carbocycles. The van der Waals surface area contributed by atoms with Crippen LogP contribution in [-0.2, 0) is 0 Å². The van der Waals surface area contributed by atoms with Crippen LogP contribution in [-0.4, -0.2) is 29.9 Å². The number of carbonyl (C=O) groups is 2. The first-order chi connectivity index (χ1) is 12.1. The Morgan fingerprint density at radius 1 is 1.08 bits per heavy atom. The molecule has 2 N–H and O–H groups in total. The van der Waals surface area contributed by atoms with Gasteiger partial charge < -0.3 is 4.90 Å². The maximum Gasteiger partial charge on any atom is 0.269 e. The Kier molecular flexibility index (Phi) is 5.28. The van der Waals surface area contributed by atoms with E-state index in [1.54, 1.807) is 42.6 Å². The number of hydrazine groups is 1. The van der Waals surface area contributed by atoms with Gasteiger partial charge in [0.25, 0.3) is 11.8 Å². The molecule has 0 spiro atoms. The van der Waals surface area contributed by atoms with Crippen molar-refractivity contribution < 1.29 is 9.59 Å². The number of hydrogen-bond donors (Lipinski definition) is 2. The third-order valence-electron chi connectivity index (χ3n) is 4.31. The summed E-state index contributed by atoms with van der Waals surface area (Å²) in [4.78, 5) is 30.9. The zero-order chi connectivity index (χ0) is 17.6. The molecule has 2 amide bonds. The Morgan fingerprint density at radius 3 is 2.52 bits per heavy atom. The van der Waals surface area contributed by atoms with Crippen LogP contribution in [0, 0.1) is 5.92 Å². The number of hydrogen-bond acceptors (Lipinski definition) is 4. The molecule has 0 bridgehead atoms. The third kappa shape index (κ3) is 4.35. The first kappa shape index (κ1) is 17.0. The van der Waals surface area contributed by atoms with Gasteiger partial charge in [-0.25, -0.2) is 4.98 Å². The van der Waals surface area contributed by atoms with E-state index < -0.39 is 0 Å². The van der Waals surface area contributed by atoms with Crippen molar-refractivity contribution >= 4 is 17.6 Å². The van der Waals surface area contributed by atoms with Gasteiger partial charge in [0.05, 0.1) is 0 Å². The van der Waals surface area contributed by atoms with Gasteiger partial charge >= 0.3 is 0 Å². The van der Waals surface area contributed by atoms with Crippen LogP contribution in [0.4, 0.5) is 5.82 Å². The number of nitrogens with one attached hydrogen (secondary N) is 2. The van der Waals surface area contributed by atoms with Crippen molar-refractivity contribution in [1.82, 2.24) is 15.8 Å². The first-order valence-corrected chi connectivity index (χ1v) is 8.50. The average Bonchev–Trinajstić information content (AvgIpc) is 2.66. The highest BCUT2D eigenvalue weighted by atomic mass is 16.2. The number of carbonyl (C=O) groups excluding carboxylic acids is 2. The number of anilines is 1. The normalized spacial score (nSPS) is 17.0. The zero-order valence-corrected chi connectivity index (χ0v) is 14.2. The zero-order valence-electron chi connectivity index (χ0n) is 14.2. The Morgan fingerprint density at radius 2 is 1.80 bits per heavy atom. The van der Waals surface area contributed by atoms with Gasteiger partial charge in [-0.1, -0.05) is 25.1 Å². The van der Waals surface area contributed by atoms with E-state index in [4.69, 9.17) is 0 Å². The first-order valence-electron chi connectivity index (χ1n) is 8.50. The van der Waals surface area contributed by atoms with Crippen molar-refractivity contribution in [2.24, 2.45) is 5.92 Å². The SMILES string of the molecule is CC1CCCN(c2cc(C(=O)NNC(=O)c3ccccc3)ccn2)C1. The number of rotatable bonds is 3. The molecule has 1 unspecified atom stereocenters. The lowest BCUT2D eigenvalue weighted by Crippen LogP contribution is -2.41. The van der Waals surface area contributed by atoms with Gasteiger partial charge in [0.1, 0.15) is 5.82 Å². The van der Waals surface area contributed by atoms with Gasteiger partial charge in [-0.15, -0.1) is 0 Å². The summed E-state index contributed by atoms with van der Waals surface area (Å²) in [7, 11) is 0. The highest BCUT2D eigenvalue weighted by Gasteiger charge is 2.18. The fourth-order valence-electron chi connectivity index (χ4n) is 2.98. The molecule has 1 aliphatic heterocycles. The van der Waals surface area contributed by atoms with Gasteiger partial charge in [0.15, 0.2) is 0 Å². The van der Waals surface area contributed by atoms with Crippen molar-refractivity contribution in [3.8, 4) is 0 Å². The second-order valence-electron chi connectivity index (χ2n) is 6.37. The minimum absolute atomic E-state index is 0.354. The Bertz CT molecular complexity index is 748. The lowest BCUT2D eigenvalue weighted by atomic mass is 10.0. The molecule has 3 rings (SSSR count). The summed E-state index contributed by atoms with van der Waals surface area (Å²) in [6.45, 7) is 4.12. The molecule has 2 aromatic rings. The minimum atomic E-state index is -0.363. The summed E-state index contributed by atoms with van der Waals surface area (Å²) >= 11 is 0. The molecule has 1 aliphatic rings. The second-order valence-corrected chi connectivity index (χ2v) is 6.37. The van der Waals surface area contributed by atoms with Crippen molar-refractivity contribution in [3.05, 3.63) is 59.8 Å². The van der Waals surface area contributed by atoms with Crippen LogP contribution < -0.4 is 15.8 Å². The van der Waals surface area contributed by atoms with E-state index in [0.29, 0.717) is 17.0 Å². The van der Waals surface area contributed by atoms with Crippen molar-refractivity contribution in [2.45, 2.75) is 19.8 Å². The van der Waals surface area contributed by atoms with Gasteiger partial charge in [-0.3, -0.25) is 20.4 Å². The standard InChI is InChI=1S/C19H22N4O2/c1-14-6-5-11-23(13-14)17-12-16(9-10-20-17)19(25)22-21-18(24)15-7-3-2-4-8-15/h2-4,7-10,12,14H,5-6,11,13H2,1H3,(H,21,24)(H,22,25). The van der Waals surface area contributed by atoms with E-state index in [9.17, 15) is 9.59 Å². The molecule has 0 aliphatic carbocycles.